The first-order chi connectivity index (χ1) is 12.6. The average Bonchev–Trinajstić information content (AvgIpc) is 3.19. The average molecular weight is 355 g/mol. The summed E-state index contributed by atoms with van der Waals surface area (Å²) in [6, 6.07) is 1.79. The van der Waals surface area contributed by atoms with Crippen LogP contribution in [-0.2, 0) is 6.54 Å². The third-order valence-electron chi connectivity index (χ3n) is 4.96. The van der Waals surface area contributed by atoms with E-state index < -0.39 is 0 Å². The third kappa shape index (κ3) is 2.59. The minimum absolute atomic E-state index is 0.0456. The van der Waals surface area contributed by atoms with Crippen LogP contribution in [0.2, 0.25) is 0 Å². The van der Waals surface area contributed by atoms with Crippen LogP contribution in [0.5, 0.6) is 0 Å². The third-order valence-corrected chi connectivity index (χ3v) is 4.96. The van der Waals surface area contributed by atoms with Gasteiger partial charge in [-0.25, -0.2) is 19.9 Å². The van der Waals surface area contributed by atoms with Crippen molar-refractivity contribution in [1.29, 1.82) is 0 Å². The molecule has 1 N–H and O–H groups in total. The molecule has 1 unspecified atom stereocenters. The van der Waals surface area contributed by atoms with Gasteiger partial charge in [0.25, 0.3) is 5.91 Å². The summed E-state index contributed by atoms with van der Waals surface area (Å²) in [5.41, 5.74) is 1.01. The van der Waals surface area contributed by atoms with Crippen molar-refractivity contribution >= 4 is 11.7 Å². The van der Waals surface area contributed by atoms with Gasteiger partial charge < -0.3 is 4.90 Å². The molecule has 0 spiro atoms. The number of aromatic nitrogens is 6. The number of piperidine rings is 1. The van der Waals surface area contributed by atoms with Crippen LogP contribution in [0, 0.1) is 6.92 Å². The molecule has 0 aromatic carbocycles. The number of rotatable bonds is 3. The van der Waals surface area contributed by atoms with Crippen molar-refractivity contribution in [2.75, 3.05) is 13.1 Å². The number of imidazole rings is 1. The van der Waals surface area contributed by atoms with Gasteiger partial charge in [-0.3, -0.25) is 13.8 Å². The number of carbonyl (C=O) groups is 1. The van der Waals surface area contributed by atoms with Crippen LogP contribution in [0.1, 0.15) is 47.7 Å². The zero-order chi connectivity index (χ0) is 18.3. The summed E-state index contributed by atoms with van der Waals surface area (Å²) < 4.78 is 3.37. The fourth-order valence-electron chi connectivity index (χ4n) is 3.72. The van der Waals surface area contributed by atoms with E-state index in [4.69, 9.17) is 0 Å². The Labute approximate surface area is 149 Å². The molecule has 26 heavy (non-hydrogen) atoms. The van der Waals surface area contributed by atoms with Gasteiger partial charge in [0.1, 0.15) is 11.5 Å². The highest BCUT2D eigenvalue weighted by atomic mass is 16.2. The first kappa shape index (κ1) is 16.5. The van der Waals surface area contributed by atoms with Crippen molar-refractivity contribution in [2.24, 2.45) is 0 Å². The van der Waals surface area contributed by atoms with Gasteiger partial charge in [0.05, 0.1) is 5.69 Å². The molecule has 1 fully saturated rings. The molecule has 9 heteroatoms. The molecule has 0 radical (unpaired) electrons. The van der Waals surface area contributed by atoms with Gasteiger partial charge in [-0.05, 0) is 32.8 Å². The molecular weight excluding hydrogens is 334 g/mol. The first-order valence-corrected chi connectivity index (χ1v) is 8.84. The van der Waals surface area contributed by atoms with E-state index in [2.05, 4.69) is 20.2 Å². The van der Waals surface area contributed by atoms with E-state index in [0.717, 1.165) is 18.7 Å². The van der Waals surface area contributed by atoms with E-state index in [9.17, 15) is 9.59 Å². The first-order valence-electron chi connectivity index (χ1n) is 8.84. The van der Waals surface area contributed by atoms with E-state index in [-0.39, 0.29) is 17.5 Å². The lowest BCUT2D eigenvalue weighted by atomic mass is 9.96. The summed E-state index contributed by atoms with van der Waals surface area (Å²) in [6.07, 6.45) is 5.24. The molecule has 4 heterocycles. The predicted octanol–water partition coefficient (Wildman–Crippen LogP) is 0.962. The number of aryl methyl sites for hydroxylation is 1. The van der Waals surface area contributed by atoms with Crippen molar-refractivity contribution in [1.82, 2.24) is 34.0 Å². The quantitative estimate of drug-likeness (QED) is 0.754. The second-order valence-corrected chi connectivity index (χ2v) is 6.56. The maximum atomic E-state index is 13.2. The van der Waals surface area contributed by atoms with Gasteiger partial charge in [0.2, 0.25) is 5.78 Å². The topological polar surface area (TPSA) is 101 Å². The minimum Gasteiger partial charge on any atom is -0.337 e. The molecule has 3 aromatic heterocycles. The van der Waals surface area contributed by atoms with Gasteiger partial charge in [0.15, 0.2) is 0 Å². The van der Waals surface area contributed by atoms with Crippen molar-refractivity contribution in [2.45, 2.75) is 39.2 Å². The van der Waals surface area contributed by atoms with Crippen LogP contribution in [0.4, 0.5) is 0 Å². The number of H-pyrrole nitrogens is 1. The molecule has 4 rings (SSSR count). The Morgan fingerprint density at radius 2 is 2.27 bits per heavy atom. The van der Waals surface area contributed by atoms with Gasteiger partial charge in [0, 0.05) is 37.9 Å². The summed E-state index contributed by atoms with van der Waals surface area (Å²) in [7, 11) is 0. The number of hydrogen-bond acceptors (Lipinski definition) is 5. The van der Waals surface area contributed by atoms with Crippen molar-refractivity contribution in [3.8, 4) is 0 Å². The van der Waals surface area contributed by atoms with Crippen LogP contribution in [0.3, 0.4) is 0 Å². The lowest BCUT2D eigenvalue weighted by Gasteiger charge is -2.32. The lowest BCUT2D eigenvalue weighted by molar-refractivity contribution is 0.0695. The molecule has 1 amide bonds. The van der Waals surface area contributed by atoms with Crippen LogP contribution >= 0.6 is 0 Å². The molecular formula is C17H21N7O2. The Morgan fingerprint density at radius 1 is 1.42 bits per heavy atom. The van der Waals surface area contributed by atoms with Gasteiger partial charge in [-0.1, -0.05) is 0 Å². The fraction of sp³-hybridized carbons (Fsp3) is 0.471. The van der Waals surface area contributed by atoms with Gasteiger partial charge >= 0.3 is 5.69 Å². The van der Waals surface area contributed by atoms with Crippen molar-refractivity contribution < 1.29 is 4.79 Å². The number of likely N-dealkylation sites (tertiary alicyclic amines) is 1. The molecule has 0 bridgehead atoms. The Bertz CT molecular complexity index is 1020. The maximum absolute atomic E-state index is 13.2. The molecule has 1 aliphatic rings. The number of nitrogens with zero attached hydrogens (tertiary/aromatic N) is 6. The molecule has 136 valence electrons. The Hall–Kier alpha value is -2.97. The van der Waals surface area contributed by atoms with Crippen LogP contribution in [0.25, 0.3) is 5.78 Å². The Kier molecular flexibility index (Phi) is 4.06. The molecule has 0 saturated carbocycles. The molecule has 1 atom stereocenters. The largest absolute Gasteiger partial charge is 0.343 e. The predicted molar refractivity (Wildman–Crippen MR) is 94.1 cm³/mol. The van der Waals surface area contributed by atoms with Crippen molar-refractivity contribution in [3.05, 3.63) is 46.2 Å². The van der Waals surface area contributed by atoms with E-state index >= 15 is 0 Å². The molecule has 9 nitrogen and oxygen atoms in total. The van der Waals surface area contributed by atoms with Crippen LogP contribution < -0.4 is 5.69 Å². The molecule has 1 saturated heterocycles. The number of hydrogen-bond donors (Lipinski definition) is 1. The van der Waals surface area contributed by atoms with E-state index in [1.54, 1.807) is 27.4 Å². The fourth-order valence-corrected chi connectivity index (χ4v) is 3.72. The normalized spacial score (nSPS) is 17.8. The Morgan fingerprint density at radius 3 is 3.08 bits per heavy atom. The van der Waals surface area contributed by atoms with Crippen molar-refractivity contribution in [3.63, 3.8) is 0 Å². The van der Waals surface area contributed by atoms with E-state index in [0.29, 0.717) is 36.8 Å². The summed E-state index contributed by atoms with van der Waals surface area (Å²) in [5.74, 6) is 1.23. The summed E-state index contributed by atoms with van der Waals surface area (Å²) in [6.45, 7) is 5.53. The molecule has 3 aromatic rings. The highest BCUT2D eigenvalue weighted by Gasteiger charge is 2.31. The van der Waals surface area contributed by atoms with Gasteiger partial charge in [-0.15, -0.1) is 0 Å². The molecule has 1 aliphatic heterocycles. The lowest BCUT2D eigenvalue weighted by Crippen LogP contribution is -2.40. The number of amides is 1. The number of carbonyl (C=O) groups excluding carboxylic acids is 1. The monoisotopic (exact) mass is 355 g/mol. The Balaban J connectivity index is 1.64. The number of aromatic amines is 1. The smallest absolute Gasteiger partial charge is 0.337 e. The second kappa shape index (κ2) is 6.40. The minimum atomic E-state index is -0.199. The van der Waals surface area contributed by atoms with Crippen LogP contribution in [0.15, 0.2) is 23.3 Å². The SMILES string of the molecule is CCn1c(C2CCCN(C(=O)c3c(C)nc4ncccn34)C2)n[nH]c1=O. The summed E-state index contributed by atoms with van der Waals surface area (Å²) in [4.78, 5) is 35.4. The maximum Gasteiger partial charge on any atom is 0.343 e. The number of nitrogens with one attached hydrogen (secondary N) is 1. The number of fused-ring (bicyclic) bond motifs is 1. The highest BCUT2D eigenvalue weighted by Crippen LogP contribution is 2.26. The zero-order valence-electron chi connectivity index (χ0n) is 14.8. The standard InChI is InChI=1S/C17H21N7O2/c1-3-23-14(20-21-17(23)26)12-6-4-8-22(10-12)15(25)13-11(2)19-16-18-7-5-9-24(13)16/h5,7,9,12H,3-4,6,8,10H2,1-2H3,(H,21,26). The van der Waals surface area contributed by atoms with E-state index in [1.165, 1.54) is 0 Å². The summed E-state index contributed by atoms with van der Waals surface area (Å²) in [5, 5.41) is 6.72. The summed E-state index contributed by atoms with van der Waals surface area (Å²) >= 11 is 0. The van der Waals surface area contributed by atoms with Gasteiger partial charge in [-0.2, -0.15) is 5.10 Å². The van der Waals surface area contributed by atoms with Crippen LogP contribution in [-0.4, -0.2) is 53.0 Å². The highest BCUT2D eigenvalue weighted by molar-refractivity contribution is 5.94. The second-order valence-electron chi connectivity index (χ2n) is 6.56. The van der Waals surface area contributed by atoms with E-state index in [1.807, 2.05) is 18.7 Å². The zero-order valence-corrected chi connectivity index (χ0v) is 14.8. The molecule has 0 aliphatic carbocycles.